The molecule has 0 bridgehead atoms. The summed E-state index contributed by atoms with van der Waals surface area (Å²) in [6.45, 7) is 0. The van der Waals surface area contributed by atoms with Crippen molar-refractivity contribution in [2.75, 3.05) is 0 Å². The van der Waals surface area contributed by atoms with Crippen LogP contribution in [0.4, 0.5) is 0 Å². The molecule has 30 heavy (non-hydrogen) atoms. The Morgan fingerprint density at radius 2 is 1.70 bits per heavy atom. The number of benzene rings is 2. The molecule has 0 amide bonds. The molecule has 0 saturated heterocycles. The standard InChI is InChI=1S/C24H15N3O2S/c1-2-11-27-18(7-1)15-25-22(27)16-5-3-8-19(13-16)28-20-9-4-6-17(14-20)23-26-21-10-12-30-24(21)29-23/h1-15H. The first-order valence-electron chi connectivity index (χ1n) is 9.48. The van der Waals surface area contributed by atoms with Gasteiger partial charge in [0.1, 0.15) is 22.8 Å². The van der Waals surface area contributed by atoms with Crippen LogP contribution in [0, 0.1) is 0 Å². The molecule has 0 saturated carbocycles. The van der Waals surface area contributed by atoms with Crippen molar-refractivity contribution in [1.82, 2.24) is 14.4 Å². The first-order chi connectivity index (χ1) is 14.8. The van der Waals surface area contributed by atoms with Crippen LogP contribution in [0.3, 0.4) is 0 Å². The van der Waals surface area contributed by atoms with Crippen LogP contribution in [0.2, 0.25) is 0 Å². The van der Waals surface area contributed by atoms with Gasteiger partial charge in [-0.25, -0.2) is 9.97 Å². The van der Waals surface area contributed by atoms with E-state index in [4.69, 9.17) is 9.15 Å². The molecule has 0 aliphatic carbocycles. The van der Waals surface area contributed by atoms with E-state index in [0.29, 0.717) is 5.89 Å². The van der Waals surface area contributed by atoms with Crippen molar-refractivity contribution >= 4 is 27.3 Å². The minimum absolute atomic E-state index is 0.597. The van der Waals surface area contributed by atoms with Gasteiger partial charge in [-0.1, -0.05) is 24.3 Å². The van der Waals surface area contributed by atoms with Gasteiger partial charge in [0, 0.05) is 17.3 Å². The van der Waals surface area contributed by atoms with Crippen molar-refractivity contribution in [2.24, 2.45) is 0 Å². The van der Waals surface area contributed by atoms with Gasteiger partial charge in [-0.3, -0.25) is 4.40 Å². The minimum Gasteiger partial charge on any atom is -0.457 e. The zero-order chi connectivity index (χ0) is 19.9. The first-order valence-corrected chi connectivity index (χ1v) is 10.4. The van der Waals surface area contributed by atoms with Crippen molar-refractivity contribution < 1.29 is 9.15 Å². The van der Waals surface area contributed by atoms with E-state index in [1.165, 1.54) is 0 Å². The number of ether oxygens (including phenoxy) is 1. The summed E-state index contributed by atoms with van der Waals surface area (Å²) in [5.41, 5.74) is 3.80. The van der Waals surface area contributed by atoms with Gasteiger partial charge in [-0.15, -0.1) is 11.3 Å². The predicted octanol–water partition coefficient (Wildman–Crippen LogP) is 6.66. The molecular formula is C24H15N3O2S. The number of pyridine rings is 1. The van der Waals surface area contributed by atoms with Crippen LogP contribution in [0.1, 0.15) is 0 Å². The van der Waals surface area contributed by atoms with E-state index in [-0.39, 0.29) is 0 Å². The fourth-order valence-electron chi connectivity index (χ4n) is 3.48. The van der Waals surface area contributed by atoms with E-state index in [1.54, 1.807) is 11.3 Å². The number of hydrogen-bond acceptors (Lipinski definition) is 5. The highest BCUT2D eigenvalue weighted by molar-refractivity contribution is 7.16. The third-order valence-electron chi connectivity index (χ3n) is 4.87. The molecule has 0 unspecified atom stereocenters. The molecule has 6 aromatic rings. The maximum atomic E-state index is 6.14. The third-order valence-corrected chi connectivity index (χ3v) is 5.65. The lowest BCUT2D eigenvalue weighted by Gasteiger charge is -2.08. The number of hydrogen-bond donors (Lipinski definition) is 0. The average molecular weight is 409 g/mol. The SMILES string of the molecule is c1cc(Oc2cccc(-c3ncc4ccccn34)c2)cc(-c2nc3ccsc3o2)c1. The van der Waals surface area contributed by atoms with Crippen molar-refractivity contribution in [3.63, 3.8) is 0 Å². The van der Waals surface area contributed by atoms with Crippen molar-refractivity contribution in [3.8, 4) is 34.3 Å². The summed E-state index contributed by atoms with van der Waals surface area (Å²) >= 11 is 1.54. The van der Waals surface area contributed by atoms with Crippen molar-refractivity contribution in [1.29, 1.82) is 0 Å². The molecule has 0 aliphatic rings. The second kappa shape index (κ2) is 6.86. The van der Waals surface area contributed by atoms with E-state index < -0.39 is 0 Å². The van der Waals surface area contributed by atoms with Gasteiger partial charge in [0.15, 0.2) is 0 Å². The Balaban J connectivity index is 1.32. The molecule has 6 heteroatoms. The lowest BCUT2D eigenvalue weighted by Crippen LogP contribution is -1.90. The summed E-state index contributed by atoms with van der Waals surface area (Å²) in [5, 5.41) is 1.97. The Morgan fingerprint density at radius 3 is 2.57 bits per heavy atom. The molecule has 2 aromatic carbocycles. The highest BCUT2D eigenvalue weighted by atomic mass is 32.1. The first kappa shape index (κ1) is 17.0. The molecule has 4 heterocycles. The van der Waals surface area contributed by atoms with Gasteiger partial charge in [-0.2, -0.15) is 0 Å². The molecular weight excluding hydrogens is 394 g/mol. The molecule has 0 radical (unpaired) electrons. The van der Waals surface area contributed by atoms with Crippen LogP contribution in [0.25, 0.3) is 38.8 Å². The monoisotopic (exact) mass is 409 g/mol. The fourth-order valence-corrected chi connectivity index (χ4v) is 4.16. The lowest BCUT2D eigenvalue weighted by molar-refractivity contribution is 0.482. The Morgan fingerprint density at radius 1 is 0.867 bits per heavy atom. The van der Waals surface area contributed by atoms with E-state index in [1.807, 2.05) is 90.6 Å². The number of thiophene rings is 1. The Hall–Kier alpha value is -3.90. The topological polar surface area (TPSA) is 52.6 Å². The maximum absolute atomic E-state index is 6.14. The highest BCUT2D eigenvalue weighted by Crippen LogP contribution is 2.32. The van der Waals surface area contributed by atoms with Gasteiger partial charge in [0.05, 0.1) is 11.7 Å². The molecule has 144 valence electrons. The molecule has 0 N–H and O–H groups in total. The van der Waals surface area contributed by atoms with E-state index >= 15 is 0 Å². The average Bonchev–Trinajstić information content (AvgIpc) is 3.49. The van der Waals surface area contributed by atoms with Crippen molar-refractivity contribution in [3.05, 3.63) is 90.6 Å². The molecule has 0 aliphatic heterocycles. The quantitative estimate of drug-likeness (QED) is 0.326. The number of imidazole rings is 1. The second-order valence-electron chi connectivity index (χ2n) is 6.85. The van der Waals surface area contributed by atoms with Crippen LogP contribution in [0.5, 0.6) is 11.5 Å². The summed E-state index contributed by atoms with van der Waals surface area (Å²) in [6.07, 6.45) is 3.88. The van der Waals surface area contributed by atoms with Crippen LogP contribution >= 0.6 is 11.3 Å². The Kier molecular flexibility index (Phi) is 3.89. The van der Waals surface area contributed by atoms with Crippen LogP contribution in [-0.4, -0.2) is 14.4 Å². The van der Waals surface area contributed by atoms with Gasteiger partial charge in [0.25, 0.3) is 0 Å². The van der Waals surface area contributed by atoms with Gasteiger partial charge in [-0.05, 0) is 53.9 Å². The Bertz CT molecular complexity index is 1470. The fraction of sp³-hybridized carbons (Fsp3) is 0. The molecule has 4 aromatic heterocycles. The summed E-state index contributed by atoms with van der Waals surface area (Å²) in [5.74, 6) is 2.94. The summed E-state index contributed by atoms with van der Waals surface area (Å²) in [4.78, 5) is 9.95. The lowest BCUT2D eigenvalue weighted by atomic mass is 10.2. The van der Waals surface area contributed by atoms with Crippen LogP contribution in [-0.2, 0) is 0 Å². The van der Waals surface area contributed by atoms with Crippen LogP contribution in [0.15, 0.2) is 95.0 Å². The predicted molar refractivity (Wildman–Crippen MR) is 118 cm³/mol. The maximum Gasteiger partial charge on any atom is 0.228 e. The molecule has 0 atom stereocenters. The smallest absolute Gasteiger partial charge is 0.228 e. The summed E-state index contributed by atoms with van der Waals surface area (Å²) in [7, 11) is 0. The largest absolute Gasteiger partial charge is 0.457 e. The highest BCUT2D eigenvalue weighted by Gasteiger charge is 2.11. The molecule has 0 spiro atoms. The van der Waals surface area contributed by atoms with E-state index in [2.05, 4.69) is 14.4 Å². The third kappa shape index (κ3) is 2.94. The number of fused-ring (bicyclic) bond motifs is 2. The molecule has 6 rings (SSSR count). The zero-order valence-corrected chi connectivity index (χ0v) is 16.5. The molecule has 0 fully saturated rings. The number of rotatable bonds is 4. The van der Waals surface area contributed by atoms with E-state index in [0.717, 1.165) is 44.4 Å². The second-order valence-corrected chi connectivity index (χ2v) is 7.73. The number of aromatic nitrogens is 3. The zero-order valence-electron chi connectivity index (χ0n) is 15.7. The summed E-state index contributed by atoms with van der Waals surface area (Å²) < 4.78 is 14.1. The van der Waals surface area contributed by atoms with E-state index in [9.17, 15) is 0 Å². The van der Waals surface area contributed by atoms with Crippen LogP contribution < -0.4 is 4.74 Å². The number of oxazole rings is 1. The summed E-state index contributed by atoms with van der Waals surface area (Å²) in [6, 6.07) is 23.7. The Labute approximate surface area is 175 Å². The normalized spacial score (nSPS) is 11.3. The van der Waals surface area contributed by atoms with Gasteiger partial charge < -0.3 is 9.15 Å². The molecule has 5 nitrogen and oxygen atoms in total. The van der Waals surface area contributed by atoms with Crippen molar-refractivity contribution in [2.45, 2.75) is 0 Å². The minimum atomic E-state index is 0.597. The van der Waals surface area contributed by atoms with Gasteiger partial charge in [0.2, 0.25) is 10.8 Å². The number of nitrogens with zero attached hydrogens (tertiary/aromatic N) is 3. The van der Waals surface area contributed by atoms with Gasteiger partial charge >= 0.3 is 0 Å².